The number of carbonyl (C=O) groups excluding carboxylic acids is 2. The van der Waals surface area contributed by atoms with Gasteiger partial charge in [0.05, 0.1) is 36.1 Å². The summed E-state index contributed by atoms with van der Waals surface area (Å²) in [5.74, 6) is 0.0302. The highest BCUT2D eigenvalue weighted by Gasteiger charge is 2.37. The van der Waals surface area contributed by atoms with Gasteiger partial charge in [0.25, 0.3) is 5.91 Å². The zero-order chi connectivity index (χ0) is 26.0. The maximum atomic E-state index is 13.6. The summed E-state index contributed by atoms with van der Waals surface area (Å²) in [5, 5.41) is 0.631. The molecule has 0 N–H and O–H groups in total. The van der Waals surface area contributed by atoms with E-state index in [0.29, 0.717) is 34.8 Å². The third kappa shape index (κ3) is 4.69. The van der Waals surface area contributed by atoms with E-state index in [-0.39, 0.29) is 5.91 Å². The zero-order valence-electron chi connectivity index (χ0n) is 21.1. The van der Waals surface area contributed by atoms with Crippen LogP contribution in [0.25, 0.3) is 11.8 Å². The molecule has 2 heterocycles. The lowest BCUT2D eigenvalue weighted by Crippen LogP contribution is -2.27. The number of allylic oxidation sites excluding steroid dienone is 1. The van der Waals surface area contributed by atoms with E-state index in [9.17, 15) is 9.59 Å². The van der Waals surface area contributed by atoms with E-state index in [1.807, 2.05) is 73.0 Å². The smallest absolute Gasteiger partial charge is 0.340 e. The van der Waals surface area contributed by atoms with Gasteiger partial charge in [0.15, 0.2) is 0 Å². The van der Waals surface area contributed by atoms with E-state index in [1.165, 1.54) is 7.11 Å². The Labute approximate surface area is 216 Å². The Morgan fingerprint density at radius 2 is 1.72 bits per heavy atom. The predicted octanol–water partition coefficient (Wildman–Crippen LogP) is 5.67. The number of carbonyl (C=O) groups is 2. The van der Waals surface area contributed by atoms with E-state index < -0.39 is 5.97 Å². The summed E-state index contributed by atoms with van der Waals surface area (Å²) < 4.78 is 12.3. The molecule has 0 unspecified atom stereocenters. The van der Waals surface area contributed by atoms with Crippen LogP contribution in [-0.4, -0.2) is 42.1 Å². The molecule has 1 aromatic heterocycles. The predicted molar refractivity (Wildman–Crippen MR) is 141 cm³/mol. The third-order valence-electron chi connectivity index (χ3n) is 6.55. The van der Waals surface area contributed by atoms with Crippen molar-refractivity contribution in [3.8, 4) is 11.4 Å². The lowest BCUT2D eigenvalue weighted by Gasteiger charge is -2.18. The molecule has 1 amide bonds. The van der Waals surface area contributed by atoms with Crippen molar-refractivity contribution in [2.24, 2.45) is 0 Å². The van der Waals surface area contributed by atoms with E-state index >= 15 is 0 Å². The van der Waals surface area contributed by atoms with Gasteiger partial charge in [0.1, 0.15) is 5.75 Å². The summed E-state index contributed by atoms with van der Waals surface area (Å²) in [6.07, 6.45) is 2.41. The van der Waals surface area contributed by atoms with E-state index in [2.05, 4.69) is 0 Å². The second-order valence-corrected chi connectivity index (χ2v) is 9.09. The van der Waals surface area contributed by atoms with Crippen LogP contribution >= 0.6 is 11.6 Å². The zero-order valence-corrected chi connectivity index (χ0v) is 21.8. The van der Waals surface area contributed by atoms with E-state index in [4.69, 9.17) is 21.1 Å². The van der Waals surface area contributed by atoms with Gasteiger partial charge in [-0.05, 0) is 74.7 Å². The molecular weight excluding hydrogens is 476 g/mol. The second-order valence-electron chi connectivity index (χ2n) is 8.68. The van der Waals surface area contributed by atoms with Crippen LogP contribution in [0.4, 0.5) is 0 Å². The first-order valence-electron chi connectivity index (χ1n) is 11.7. The Hall–Kier alpha value is -3.77. The van der Waals surface area contributed by atoms with E-state index in [0.717, 1.165) is 34.0 Å². The molecule has 4 rings (SSSR count). The Morgan fingerprint density at radius 1 is 1.03 bits per heavy atom. The maximum absolute atomic E-state index is 13.6. The highest BCUT2D eigenvalue weighted by Crippen LogP contribution is 2.34. The molecule has 36 heavy (non-hydrogen) atoms. The summed E-state index contributed by atoms with van der Waals surface area (Å²) in [5.41, 5.74) is 5.85. The molecule has 1 aliphatic rings. The van der Waals surface area contributed by atoms with Crippen LogP contribution in [0.2, 0.25) is 5.02 Å². The number of rotatable bonds is 7. The molecular formula is C29H29ClN2O4. The lowest BCUT2D eigenvalue weighted by molar-refractivity contribution is -0.136. The van der Waals surface area contributed by atoms with Gasteiger partial charge < -0.3 is 18.9 Å². The Bertz CT molecular complexity index is 1380. The Morgan fingerprint density at radius 3 is 2.36 bits per heavy atom. The number of benzene rings is 2. The molecule has 3 aromatic rings. The van der Waals surface area contributed by atoms with Crippen LogP contribution in [0.15, 0.2) is 71.4 Å². The standard InChI is InChI=1S/C29H29ClN2O4/c1-18-16-22(19(2)32(18)26-9-7-6-8-25(26)30)17-24-27(29(34)36-5)20(3)31(28(24)33)15-14-21-10-12-23(35-4)13-11-21/h6-13,16-17H,14-15H2,1-5H3/b24-17-. The summed E-state index contributed by atoms with van der Waals surface area (Å²) in [4.78, 5) is 28.0. The van der Waals surface area contributed by atoms with Gasteiger partial charge in [-0.25, -0.2) is 4.79 Å². The minimum absolute atomic E-state index is 0.219. The van der Waals surface area contributed by atoms with Crippen molar-refractivity contribution in [1.82, 2.24) is 9.47 Å². The van der Waals surface area contributed by atoms with Crippen molar-refractivity contribution < 1.29 is 19.1 Å². The Balaban J connectivity index is 1.69. The largest absolute Gasteiger partial charge is 0.497 e. The SMILES string of the molecule is COC(=O)C1=C(C)N(CCc2ccc(OC)cc2)C(=O)/C1=C\c1cc(C)n(-c2ccccc2Cl)c1C. The molecule has 0 spiro atoms. The number of para-hydroxylation sites is 1. The number of amides is 1. The number of hydrogen-bond donors (Lipinski definition) is 0. The monoisotopic (exact) mass is 504 g/mol. The number of aromatic nitrogens is 1. The molecule has 0 aliphatic carbocycles. The highest BCUT2D eigenvalue weighted by atomic mass is 35.5. The van der Waals surface area contributed by atoms with Crippen molar-refractivity contribution in [1.29, 1.82) is 0 Å². The van der Waals surface area contributed by atoms with Crippen LogP contribution in [-0.2, 0) is 20.7 Å². The number of hydrogen-bond acceptors (Lipinski definition) is 4. The molecule has 0 fully saturated rings. The minimum Gasteiger partial charge on any atom is -0.497 e. The van der Waals surface area contributed by atoms with Crippen molar-refractivity contribution in [2.75, 3.05) is 20.8 Å². The van der Waals surface area contributed by atoms with Gasteiger partial charge in [0.2, 0.25) is 0 Å². The number of halogens is 1. The van der Waals surface area contributed by atoms with Gasteiger partial charge >= 0.3 is 5.97 Å². The third-order valence-corrected chi connectivity index (χ3v) is 6.87. The fraction of sp³-hybridized carbons (Fsp3) is 0.241. The average Bonchev–Trinajstić information content (AvgIpc) is 3.29. The number of methoxy groups -OCH3 is 2. The summed E-state index contributed by atoms with van der Waals surface area (Å²) >= 11 is 6.46. The van der Waals surface area contributed by atoms with Crippen molar-refractivity contribution >= 4 is 29.6 Å². The summed E-state index contributed by atoms with van der Waals surface area (Å²) in [6, 6.07) is 17.3. The van der Waals surface area contributed by atoms with Gasteiger partial charge in [-0.3, -0.25) is 4.79 Å². The number of nitrogens with zero attached hydrogens (tertiary/aromatic N) is 2. The number of esters is 1. The average molecular weight is 505 g/mol. The van der Waals surface area contributed by atoms with E-state index in [1.54, 1.807) is 25.0 Å². The van der Waals surface area contributed by atoms with Crippen molar-refractivity contribution in [3.05, 3.63) is 99.0 Å². The highest BCUT2D eigenvalue weighted by molar-refractivity contribution is 6.32. The quantitative estimate of drug-likeness (QED) is 0.307. The Kier molecular flexibility index (Phi) is 7.36. The van der Waals surface area contributed by atoms with Crippen LogP contribution in [0.1, 0.15) is 29.4 Å². The van der Waals surface area contributed by atoms with Crippen LogP contribution in [0.3, 0.4) is 0 Å². The summed E-state index contributed by atoms with van der Waals surface area (Å²) in [6.45, 7) is 6.18. The van der Waals surface area contributed by atoms with Gasteiger partial charge in [-0.15, -0.1) is 0 Å². The molecule has 2 aromatic carbocycles. The molecule has 6 nitrogen and oxygen atoms in total. The molecule has 0 atom stereocenters. The molecule has 186 valence electrons. The molecule has 0 bridgehead atoms. The first-order valence-corrected chi connectivity index (χ1v) is 12.0. The van der Waals surface area contributed by atoms with Crippen molar-refractivity contribution in [3.63, 3.8) is 0 Å². The molecule has 0 radical (unpaired) electrons. The number of ether oxygens (including phenoxy) is 2. The fourth-order valence-electron chi connectivity index (χ4n) is 4.62. The first-order chi connectivity index (χ1) is 17.3. The fourth-order valence-corrected chi connectivity index (χ4v) is 4.84. The second kappa shape index (κ2) is 10.5. The molecule has 7 heteroatoms. The molecule has 0 saturated heterocycles. The summed E-state index contributed by atoms with van der Waals surface area (Å²) in [7, 11) is 2.95. The lowest BCUT2D eigenvalue weighted by atomic mass is 10.0. The maximum Gasteiger partial charge on any atom is 0.340 e. The first kappa shape index (κ1) is 25.3. The molecule has 1 aliphatic heterocycles. The van der Waals surface area contributed by atoms with Crippen LogP contribution in [0, 0.1) is 13.8 Å². The van der Waals surface area contributed by atoms with Crippen LogP contribution in [0.5, 0.6) is 5.75 Å². The van der Waals surface area contributed by atoms with Crippen LogP contribution < -0.4 is 4.74 Å². The molecule has 0 saturated carbocycles. The number of aryl methyl sites for hydroxylation is 1. The topological polar surface area (TPSA) is 60.8 Å². The normalized spacial score (nSPS) is 14.7. The van der Waals surface area contributed by atoms with Gasteiger partial charge in [-0.1, -0.05) is 35.9 Å². The van der Waals surface area contributed by atoms with Crippen molar-refractivity contribution in [2.45, 2.75) is 27.2 Å². The van der Waals surface area contributed by atoms with Gasteiger partial charge in [-0.2, -0.15) is 0 Å². The minimum atomic E-state index is -0.529. The van der Waals surface area contributed by atoms with Gasteiger partial charge in [0, 0.05) is 23.6 Å².